The van der Waals surface area contributed by atoms with Crippen molar-refractivity contribution in [2.75, 3.05) is 0 Å². The van der Waals surface area contributed by atoms with Crippen LogP contribution < -0.4 is 0 Å². The maximum absolute atomic E-state index is 12.4. The molecule has 0 atom stereocenters. The number of unbranched alkanes of at least 4 members (excludes halogenated alkanes) is 24. The highest BCUT2D eigenvalue weighted by Crippen LogP contribution is 2.28. The summed E-state index contributed by atoms with van der Waals surface area (Å²) in [5.41, 5.74) is 4.85. The van der Waals surface area contributed by atoms with E-state index >= 15 is 0 Å². The molecule has 0 heterocycles. The second kappa shape index (κ2) is 31.6. The Bertz CT molecular complexity index is 908. The zero-order chi connectivity index (χ0) is 34.2. The van der Waals surface area contributed by atoms with Gasteiger partial charge in [-0.05, 0) is 47.9 Å². The first-order chi connectivity index (χ1) is 23.7. The summed E-state index contributed by atoms with van der Waals surface area (Å²) in [7, 11) is -2.53. The molecule has 0 N–H and O–H groups in total. The molecule has 2 aromatic rings. The molecule has 0 fully saturated rings. The van der Waals surface area contributed by atoms with Crippen molar-refractivity contribution in [1.82, 2.24) is 0 Å². The van der Waals surface area contributed by atoms with Gasteiger partial charge in [-0.1, -0.05) is 216 Å². The van der Waals surface area contributed by atoms with Gasteiger partial charge in [0.25, 0.3) is 0 Å². The monoisotopic (exact) mass is 683 g/mol. The summed E-state index contributed by atoms with van der Waals surface area (Å²) in [4.78, 5) is 0. The van der Waals surface area contributed by atoms with Crippen LogP contribution in [-0.2, 0) is 39.7 Å². The highest BCUT2D eigenvalue weighted by molar-refractivity contribution is 7.33. The van der Waals surface area contributed by atoms with Crippen molar-refractivity contribution in [3.8, 4) is 0 Å². The van der Waals surface area contributed by atoms with Crippen molar-refractivity contribution in [3.05, 3.63) is 70.8 Å². The molecule has 0 aromatic heterocycles. The molecule has 4 heteroatoms. The van der Waals surface area contributed by atoms with Crippen molar-refractivity contribution >= 4 is 8.25 Å². The lowest BCUT2D eigenvalue weighted by molar-refractivity contribution is 0.213. The standard InChI is InChI=1S/C44H75O3P/c1-3-5-7-9-11-13-15-17-19-21-23-25-27-29-41-31-35-43(36-32-41)39-46-48(45)47-40-44-37-33-42(34-38-44)30-28-26-24-22-20-18-16-14-12-10-8-6-4-2/h31-38,48H,3-30,39-40H2,1-2H3. The summed E-state index contributed by atoms with van der Waals surface area (Å²) >= 11 is 0. The summed E-state index contributed by atoms with van der Waals surface area (Å²) in [6.07, 6.45) is 38.4. The Balaban J connectivity index is 1.42. The summed E-state index contributed by atoms with van der Waals surface area (Å²) in [5.74, 6) is 0. The molecule has 0 aliphatic carbocycles. The second-order valence-corrected chi connectivity index (χ2v) is 15.5. The first kappa shape index (κ1) is 42.8. The van der Waals surface area contributed by atoms with E-state index in [9.17, 15) is 4.57 Å². The van der Waals surface area contributed by atoms with E-state index < -0.39 is 8.25 Å². The van der Waals surface area contributed by atoms with E-state index in [1.165, 1.54) is 178 Å². The van der Waals surface area contributed by atoms with E-state index in [0.29, 0.717) is 13.2 Å². The molecule has 0 unspecified atom stereocenters. The quantitative estimate of drug-likeness (QED) is 0.0544. The molecule has 2 rings (SSSR count). The molecular formula is C44H75O3P. The van der Waals surface area contributed by atoms with Gasteiger partial charge in [0.05, 0.1) is 13.2 Å². The van der Waals surface area contributed by atoms with Crippen molar-refractivity contribution in [2.24, 2.45) is 0 Å². The van der Waals surface area contributed by atoms with Gasteiger partial charge in [0, 0.05) is 0 Å². The Morgan fingerprint density at radius 3 is 0.854 bits per heavy atom. The van der Waals surface area contributed by atoms with E-state index in [4.69, 9.17) is 9.05 Å². The van der Waals surface area contributed by atoms with Gasteiger partial charge in [-0.2, -0.15) is 0 Å². The van der Waals surface area contributed by atoms with E-state index in [0.717, 1.165) is 24.0 Å². The number of hydrogen-bond donors (Lipinski definition) is 0. The molecule has 274 valence electrons. The van der Waals surface area contributed by atoms with Crippen LogP contribution in [0.3, 0.4) is 0 Å². The highest BCUT2D eigenvalue weighted by atomic mass is 31.1. The van der Waals surface area contributed by atoms with Gasteiger partial charge in [-0.25, -0.2) is 0 Å². The fourth-order valence-electron chi connectivity index (χ4n) is 6.62. The predicted molar refractivity (Wildman–Crippen MR) is 210 cm³/mol. The zero-order valence-electron chi connectivity index (χ0n) is 31.6. The fourth-order valence-corrected chi connectivity index (χ4v) is 7.28. The van der Waals surface area contributed by atoms with Gasteiger partial charge in [0.2, 0.25) is 0 Å². The van der Waals surface area contributed by atoms with E-state index in [1.807, 2.05) is 0 Å². The molecule has 0 bridgehead atoms. The Labute approximate surface area is 298 Å². The summed E-state index contributed by atoms with van der Waals surface area (Å²) in [5, 5.41) is 0. The molecular weight excluding hydrogens is 607 g/mol. The van der Waals surface area contributed by atoms with Crippen molar-refractivity contribution in [3.63, 3.8) is 0 Å². The third-order valence-corrected chi connectivity index (χ3v) is 10.7. The van der Waals surface area contributed by atoms with Crippen LogP contribution in [0, 0.1) is 0 Å². The zero-order valence-corrected chi connectivity index (χ0v) is 32.6. The van der Waals surface area contributed by atoms with E-state index in [2.05, 4.69) is 62.4 Å². The number of hydrogen-bond acceptors (Lipinski definition) is 3. The van der Waals surface area contributed by atoms with Crippen LogP contribution in [-0.4, -0.2) is 0 Å². The molecule has 3 nitrogen and oxygen atoms in total. The molecule has 0 aliphatic heterocycles. The van der Waals surface area contributed by atoms with Crippen LogP contribution in [0.5, 0.6) is 0 Å². The van der Waals surface area contributed by atoms with Gasteiger partial charge in [0.15, 0.2) is 0 Å². The van der Waals surface area contributed by atoms with Gasteiger partial charge in [-0.15, -0.1) is 0 Å². The molecule has 48 heavy (non-hydrogen) atoms. The molecule has 0 saturated carbocycles. The molecule has 0 aliphatic rings. The average molecular weight is 683 g/mol. The van der Waals surface area contributed by atoms with E-state index in [1.54, 1.807) is 0 Å². The summed E-state index contributed by atoms with van der Waals surface area (Å²) < 4.78 is 23.5. The molecule has 0 saturated heterocycles. The first-order valence-electron chi connectivity index (χ1n) is 20.7. The number of benzene rings is 2. The highest BCUT2D eigenvalue weighted by Gasteiger charge is 2.04. The SMILES string of the molecule is CCCCCCCCCCCCCCCc1ccc(CO[PH](=O)OCc2ccc(CCCCCCCCCCCCCCC)cc2)cc1. The minimum atomic E-state index is -2.53. The Hall–Kier alpha value is -1.41. The van der Waals surface area contributed by atoms with Gasteiger partial charge >= 0.3 is 8.25 Å². The minimum absolute atomic E-state index is 0.328. The molecule has 0 amide bonds. The summed E-state index contributed by atoms with van der Waals surface area (Å²) in [6, 6.07) is 17.2. The van der Waals surface area contributed by atoms with Crippen LogP contribution >= 0.6 is 8.25 Å². The van der Waals surface area contributed by atoms with Crippen LogP contribution in [0.4, 0.5) is 0 Å². The van der Waals surface area contributed by atoms with Crippen LogP contribution in [0.2, 0.25) is 0 Å². The first-order valence-corrected chi connectivity index (χ1v) is 21.9. The minimum Gasteiger partial charge on any atom is -0.306 e. The van der Waals surface area contributed by atoms with Crippen molar-refractivity contribution in [2.45, 2.75) is 207 Å². The van der Waals surface area contributed by atoms with E-state index in [-0.39, 0.29) is 0 Å². The topological polar surface area (TPSA) is 35.5 Å². The van der Waals surface area contributed by atoms with Crippen LogP contribution in [0.15, 0.2) is 48.5 Å². The van der Waals surface area contributed by atoms with Gasteiger partial charge in [0.1, 0.15) is 0 Å². The third-order valence-electron chi connectivity index (χ3n) is 9.90. The van der Waals surface area contributed by atoms with Crippen molar-refractivity contribution in [1.29, 1.82) is 0 Å². The third kappa shape index (κ3) is 24.7. The number of rotatable bonds is 34. The van der Waals surface area contributed by atoms with Crippen LogP contribution in [0.25, 0.3) is 0 Å². The normalized spacial score (nSPS) is 11.6. The summed E-state index contributed by atoms with van der Waals surface area (Å²) in [6.45, 7) is 5.23. The number of aryl methyl sites for hydroxylation is 2. The average Bonchev–Trinajstić information content (AvgIpc) is 3.11. The van der Waals surface area contributed by atoms with Crippen LogP contribution in [0.1, 0.15) is 203 Å². The molecule has 0 spiro atoms. The Kier molecular flexibility index (Phi) is 28.1. The second-order valence-electron chi connectivity index (χ2n) is 14.4. The Morgan fingerprint density at radius 1 is 0.354 bits per heavy atom. The largest absolute Gasteiger partial charge is 0.319 e. The smallest absolute Gasteiger partial charge is 0.306 e. The maximum Gasteiger partial charge on any atom is 0.319 e. The lowest BCUT2D eigenvalue weighted by Gasteiger charge is -2.08. The lowest BCUT2D eigenvalue weighted by atomic mass is 10.0. The Morgan fingerprint density at radius 2 is 0.583 bits per heavy atom. The van der Waals surface area contributed by atoms with Gasteiger partial charge in [-0.3, -0.25) is 4.57 Å². The molecule has 2 aromatic carbocycles. The lowest BCUT2D eigenvalue weighted by Crippen LogP contribution is -1.92. The predicted octanol–water partition coefficient (Wildman–Crippen LogP) is 15.1. The van der Waals surface area contributed by atoms with Gasteiger partial charge < -0.3 is 9.05 Å². The maximum atomic E-state index is 12.4. The fraction of sp³-hybridized carbons (Fsp3) is 0.727. The van der Waals surface area contributed by atoms with Crippen molar-refractivity contribution < 1.29 is 13.6 Å². The molecule has 0 radical (unpaired) electrons.